The molecule has 7 heteroatoms. The van der Waals surface area contributed by atoms with Gasteiger partial charge in [0.15, 0.2) is 0 Å². The summed E-state index contributed by atoms with van der Waals surface area (Å²) in [5.74, 6) is -0.975. The van der Waals surface area contributed by atoms with Crippen molar-refractivity contribution in [3.63, 3.8) is 0 Å². The zero-order chi connectivity index (χ0) is 15.3. The summed E-state index contributed by atoms with van der Waals surface area (Å²) in [6, 6.07) is 3.70. The third-order valence-electron chi connectivity index (χ3n) is 2.48. The molecule has 0 unspecified atom stereocenters. The molecule has 1 rings (SSSR count). The molecule has 0 amide bonds. The Kier molecular flexibility index (Phi) is 5.40. The topological polar surface area (TPSA) is 50.1 Å². The summed E-state index contributed by atoms with van der Waals surface area (Å²) in [5.41, 5.74) is -1.56. The van der Waals surface area contributed by atoms with Crippen molar-refractivity contribution in [3.8, 4) is 6.07 Å². The van der Waals surface area contributed by atoms with E-state index in [1.165, 1.54) is 12.1 Å². The molecular weight excluding hydrogens is 295 g/mol. The summed E-state index contributed by atoms with van der Waals surface area (Å²) in [7, 11) is 0. The Morgan fingerprint density at radius 1 is 1.45 bits per heavy atom. The van der Waals surface area contributed by atoms with E-state index < -0.39 is 29.2 Å². The van der Waals surface area contributed by atoms with Gasteiger partial charge < -0.3 is 4.74 Å². The molecule has 0 aromatic heterocycles. The highest BCUT2D eigenvalue weighted by molar-refractivity contribution is 6.17. The summed E-state index contributed by atoms with van der Waals surface area (Å²) in [5, 5.41) is 8.85. The van der Waals surface area contributed by atoms with Gasteiger partial charge in [-0.15, -0.1) is 11.6 Å². The van der Waals surface area contributed by atoms with Crippen molar-refractivity contribution in [3.05, 3.63) is 34.4 Å². The van der Waals surface area contributed by atoms with Gasteiger partial charge in [0.2, 0.25) is 0 Å². The first-order chi connectivity index (χ1) is 9.33. The van der Waals surface area contributed by atoms with Crippen LogP contribution in [-0.4, -0.2) is 12.6 Å². The van der Waals surface area contributed by atoms with Crippen molar-refractivity contribution in [2.45, 2.75) is 25.4 Å². The molecule has 0 aliphatic rings. The van der Waals surface area contributed by atoms with Crippen LogP contribution < -0.4 is 0 Å². The number of ether oxygens (including phenoxy) is 1. The molecule has 0 fully saturated rings. The number of rotatable bonds is 4. The van der Waals surface area contributed by atoms with Gasteiger partial charge in [0.25, 0.3) is 0 Å². The number of carbonyl (C=O) groups is 1. The molecule has 0 radical (unpaired) electrons. The molecule has 0 atom stereocenters. The van der Waals surface area contributed by atoms with Gasteiger partial charge in [-0.1, -0.05) is 6.07 Å². The molecule has 1 aromatic rings. The third-order valence-corrected chi connectivity index (χ3v) is 2.77. The minimum absolute atomic E-state index is 0.174. The fourth-order valence-electron chi connectivity index (χ4n) is 1.78. The van der Waals surface area contributed by atoms with E-state index in [9.17, 15) is 18.0 Å². The van der Waals surface area contributed by atoms with Gasteiger partial charge in [-0.25, -0.2) is 0 Å². The van der Waals surface area contributed by atoms with Gasteiger partial charge in [0, 0.05) is 5.88 Å². The number of hydrogen-bond donors (Lipinski definition) is 0. The average Bonchev–Trinajstić information content (AvgIpc) is 2.36. The zero-order valence-corrected chi connectivity index (χ0v) is 11.3. The molecule has 3 nitrogen and oxygen atoms in total. The molecule has 1 aromatic carbocycles. The Morgan fingerprint density at radius 2 is 2.10 bits per heavy atom. The maximum absolute atomic E-state index is 12.9. The molecule has 0 N–H and O–H groups in total. The number of alkyl halides is 4. The molecule has 0 spiro atoms. The summed E-state index contributed by atoms with van der Waals surface area (Å²) in [4.78, 5) is 11.3. The standard InChI is InChI=1S/C13H11ClF3NO2/c1-2-20-11(19)5-8-3-9(6-14)12(13(15,16)17)10(4-8)7-18/h3-4H,2,5-6H2,1H3. The summed E-state index contributed by atoms with van der Waals surface area (Å²) in [6.45, 7) is 1.79. The number of nitrogens with zero attached hydrogens (tertiary/aromatic N) is 1. The Morgan fingerprint density at radius 3 is 2.55 bits per heavy atom. The van der Waals surface area contributed by atoms with Crippen LogP contribution in [0.4, 0.5) is 13.2 Å². The fraction of sp³-hybridized carbons (Fsp3) is 0.385. The van der Waals surface area contributed by atoms with E-state index in [0.29, 0.717) is 0 Å². The van der Waals surface area contributed by atoms with E-state index in [2.05, 4.69) is 0 Å². The quantitative estimate of drug-likeness (QED) is 0.632. The second kappa shape index (κ2) is 6.62. The minimum Gasteiger partial charge on any atom is -0.466 e. The van der Waals surface area contributed by atoms with Crippen molar-refractivity contribution in [1.82, 2.24) is 0 Å². The van der Waals surface area contributed by atoms with Gasteiger partial charge in [0.1, 0.15) is 0 Å². The van der Waals surface area contributed by atoms with Crippen molar-refractivity contribution >= 4 is 17.6 Å². The largest absolute Gasteiger partial charge is 0.466 e. The van der Waals surface area contributed by atoms with Crippen LogP contribution in [0.5, 0.6) is 0 Å². The molecule has 0 aliphatic carbocycles. The SMILES string of the molecule is CCOC(=O)Cc1cc(C#N)c(C(F)(F)F)c(CCl)c1. The third kappa shape index (κ3) is 3.87. The molecule has 0 saturated carbocycles. The lowest BCUT2D eigenvalue weighted by atomic mass is 9.97. The number of hydrogen-bond acceptors (Lipinski definition) is 3. The van der Waals surface area contributed by atoms with Crippen molar-refractivity contribution in [2.75, 3.05) is 6.61 Å². The monoisotopic (exact) mass is 305 g/mol. The van der Waals surface area contributed by atoms with E-state index >= 15 is 0 Å². The van der Waals surface area contributed by atoms with E-state index in [-0.39, 0.29) is 24.2 Å². The predicted molar refractivity (Wildman–Crippen MR) is 66.1 cm³/mol. The maximum Gasteiger partial charge on any atom is 0.417 e. The highest BCUT2D eigenvalue weighted by Crippen LogP contribution is 2.36. The van der Waals surface area contributed by atoms with Gasteiger partial charge in [-0.2, -0.15) is 18.4 Å². The summed E-state index contributed by atoms with van der Waals surface area (Å²) >= 11 is 5.51. The summed E-state index contributed by atoms with van der Waals surface area (Å²) in [6.07, 6.45) is -4.87. The van der Waals surface area contributed by atoms with Crippen molar-refractivity contribution in [1.29, 1.82) is 5.26 Å². The average molecular weight is 306 g/mol. The second-order valence-corrected chi connectivity index (χ2v) is 4.17. The Labute approximate surface area is 118 Å². The molecule has 108 valence electrons. The zero-order valence-electron chi connectivity index (χ0n) is 10.6. The van der Waals surface area contributed by atoms with Crippen molar-refractivity contribution in [2.24, 2.45) is 0 Å². The maximum atomic E-state index is 12.9. The number of benzene rings is 1. The number of carbonyl (C=O) groups excluding carboxylic acids is 1. The van der Waals surface area contributed by atoms with Gasteiger partial charge >= 0.3 is 12.1 Å². The molecule has 20 heavy (non-hydrogen) atoms. The minimum atomic E-state index is -4.67. The Bertz CT molecular complexity index is 550. The van der Waals surface area contributed by atoms with Crippen LogP contribution in [0, 0.1) is 11.3 Å². The number of halogens is 4. The molecule has 0 saturated heterocycles. The first-order valence-corrected chi connectivity index (χ1v) is 6.21. The van der Waals surface area contributed by atoms with E-state index in [0.717, 1.165) is 6.07 Å². The highest BCUT2D eigenvalue weighted by Gasteiger charge is 2.36. The Hall–Kier alpha value is -1.74. The van der Waals surface area contributed by atoms with E-state index in [1.54, 1.807) is 6.92 Å². The molecule has 0 heterocycles. The van der Waals surface area contributed by atoms with Crippen LogP contribution in [0.1, 0.15) is 29.2 Å². The van der Waals surface area contributed by atoms with Gasteiger partial charge in [-0.05, 0) is 24.1 Å². The van der Waals surface area contributed by atoms with E-state index in [4.69, 9.17) is 21.6 Å². The first kappa shape index (κ1) is 16.3. The van der Waals surface area contributed by atoms with Crippen LogP contribution >= 0.6 is 11.6 Å². The van der Waals surface area contributed by atoms with Crippen LogP contribution in [0.3, 0.4) is 0 Å². The van der Waals surface area contributed by atoms with Gasteiger partial charge in [0.05, 0.1) is 30.2 Å². The van der Waals surface area contributed by atoms with Crippen LogP contribution in [0.25, 0.3) is 0 Å². The Balaban J connectivity index is 3.27. The van der Waals surface area contributed by atoms with Crippen LogP contribution in [-0.2, 0) is 28.0 Å². The fourth-order valence-corrected chi connectivity index (χ4v) is 1.99. The molecular formula is C13H11ClF3NO2. The lowest BCUT2D eigenvalue weighted by Crippen LogP contribution is -2.14. The second-order valence-electron chi connectivity index (χ2n) is 3.90. The highest BCUT2D eigenvalue weighted by atomic mass is 35.5. The molecule has 0 aliphatic heterocycles. The van der Waals surface area contributed by atoms with Gasteiger partial charge in [-0.3, -0.25) is 4.79 Å². The van der Waals surface area contributed by atoms with Crippen LogP contribution in [0.15, 0.2) is 12.1 Å². The number of esters is 1. The number of nitriles is 1. The smallest absolute Gasteiger partial charge is 0.417 e. The summed E-state index contributed by atoms with van der Waals surface area (Å²) < 4.78 is 43.4. The predicted octanol–water partition coefficient (Wildman–Crippen LogP) is 3.42. The lowest BCUT2D eigenvalue weighted by molar-refractivity contribution is -0.142. The van der Waals surface area contributed by atoms with E-state index in [1.807, 2.05) is 0 Å². The van der Waals surface area contributed by atoms with Crippen LogP contribution in [0.2, 0.25) is 0 Å². The van der Waals surface area contributed by atoms with Crippen molar-refractivity contribution < 1.29 is 22.7 Å². The lowest BCUT2D eigenvalue weighted by Gasteiger charge is -2.14. The molecule has 0 bridgehead atoms. The first-order valence-electron chi connectivity index (χ1n) is 5.68. The normalized spacial score (nSPS) is 11.0.